The van der Waals surface area contributed by atoms with Crippen LogP contribution in [0.25, 0.3) is 22.4 Å². The van der Waals surface area contributed by atoms with E-state index >= 15 is 0 Å². The van der Waals surface area contributed by atoms with Crippen LogP contribution in [0.5, 0.6) is 5.75 Å². The molecule has 0 saturated carbocycles. The summed E-state index contributed by atoms with van der Waals surface area (Å²) in [7, 11) is 1.65. The van der Waals surface area contributed by atoms with Crippen LogP contribution in [0.1, 0.15) is 0 Å². The lowest BCUT2D eigenvalue weighted by molar-refractivity contribution is 0.416. The Balaban J connectivity index is 2.23. The van der Waals surface area contributed by atoms with Crippen molar-refractivity contribution >= 4 is 22.6 Å². The first kappa shape index (κ1) is 11.1. The fourth-order valence-electron chi connectivity index (χ4n) is 1.96. The third-order valence-corrected chi connectivity index (χ3v) is 3.13. The molecular weight excluding hydrogens is 248 g/mol. The molecule has 0 aliphatic carbocycles. The van der Waals surface area contributed by atoms with E-state index in [9.17, 15) is 0 Å². The Bertz CT molecular complexity index is 706. The van der Waals surface area contributed by atoms with Gasteiger partial charge in [0.1, 0.15) is 17.1 Å². The summed E-state index contributed by atoms with van der Waals surface area (Å²) in [6.07, 6.45) is 0. The molecule has 0 aliphatic heterocycles. The Labute approximate surface area is 109 Å². The number of fused-ring (bicyclic) bond motifs is 1. The van der Waals surface area contributed by atoms with Crippen molar-refractivity contribution in [3.8, 4) is 17.1 Å². The number of H-pyrrole nitrogens is 1. The Morgan fingerprint density at radius 2 is 1.94 bits per heavy atom. The van der Waals surface area contributed by atoms with E-state index in [1.165, 1.54) is 0 Å². The van der Waals surface area contributed by atoms with Crippen molar-refractivity contribution in [3.63, 3.8) is 0 Å². The van der Waals surface area contributed by atoms with Gasteiger partial charge in [0.15, 0.2) is 0 Å². The molecular formula is C14H11ClN2O. The molecule has 0 bridgehead atoms. The van der Waals surface area contributed by atoms with Crippen molar-refractivity contribution in [1.82, 2.24) is 9.97 Å². The number of nitrogens with zero attached hydrogens (tertiary/aromatic N) is 1. The Hall–Kier alpha value is -2.00. The molecule has 90 valence electrons. The standard InChI is InChI=1S/C14H11ClN2O/c1-18-12-8-3-2-5-9(12)14-16-11-7-4-6-10(15)13(11)17-14/h2-8H,1H3,(H,16,17). The zero-order chi connectivity index (χ0) is 12.5. The van der Waals surface area contributed by atoms with Crippen molar-refractivity contribution in [1.29, 1.82) is 0 Å². The Morgan fingerprint density at radius 3 is 2.72 bits per heavy atom. The number of hydrogen-bond acceptors (Lipinski definition) is 2. The summed E-state index contributed by atoms with van der Waals surface area (Å²) in [5.41, 5.74) is 2.62. The minimum absolute atomic E-state index is 0.643. The Kier molecular flexibility index (Phi) is 2.68. The first-order chi connectivity index (χ1) is 8.79. The summed E-state index contributed by atoms with van der Waals surface area (Å²) in [6.45, 7) is 0. The molecule has 18 heavy (non-hydrogen) atoms. The smallest absolute Gasteiger partial charge is 0.142 e. The number of aromatic amines is 1. The van der Waals surface area contributed by atoms with Crippen LogP contribution in [0, 0.1) is 0 Å². The van der Waals surface area contributed by atoms with Crippen LogP contribution < -0.4 is 4.74 Å². The number of benzene rings is 2. The predicted octanol–water partition coefficient (Wildman–Crippen LogP) is 3.89. The monoisotopic (exact) mass is 258 g/mol. The number of hydrogen-bond donors (Lipinski definition) is 1. The molecule has 3 rings (SSSR count). The highest BCUT2D eigenvalue weighted by Crippen LogP contribution is 2.30. The molecule has 1 aromatic heterocycles. The molecule has 0 aliphatic rings. The van der Waals surface area contributed by atoms with Gasteiger partial charge in [0.05, 0.1) is 23.2 Å². The third kappa shape index (κ3) is 1.73. The largest absolute Gasteiger partial charge is 0.496 e. The summed E-state index contributed by atoms with van der Waals surface area (Å²) in [5.74, 6) is 1.54. The van der Waals surface area contributed by atoms with E-state index in [1.54, 1.807) is 7.11 Å². The van der Waals surface area contributed by atoms with Crippen molar-refractivity contribution in [2.45, 2.75) is 0 Å². The molecule has 1 heterocycles. The van der Waals surface area contributed by atoms with Crippen LogP contribution in [-0.2, 0) is 0 Å². The second kappa shape index (κ2) is 4.35. The van der Waals surface area contributed by atoms with E-state index in [1.807, 2.05) is 42.5 Å². The van der Waals surface area contributed by atoms with E-state index in [4.69, 9.17) is 16.3 Å². The van der Waals surface area contributed by atoms with E-state index in [0.29, 0.717) is 5.02 Å². The van der Waals surface area contributed by atoms with Gasteiger partial charge < -0.3 is 9.72 Å². The van der Waals surface area contributed by atoms with Gasteiger partial charge in [0, 0.05) is 0 Å². The quantitative estimate of drug-likeness (QED) is 0.757. The molecule has 0 radical (unpaired) electrons. The lowest BCUT2D eigenvalue weighted by Gasteiger charge is -2.04. The van der Waals surface area contributed by atoms with Crippen LogP contribution in [0.15, 0.2) is 42.5 Å². The molecule has 0 unspecified atom stereocenters. The maximum atomic E-state index is 6.12. The fourth-order valence-corrected chi connectivity index (χ4v) is 2.18. The van der Waals surface area contributed by atoms with Gasteiger partial charge in [-0.05, 0) is 24.3 Å². The van der Waals surface area contributed by atoms with Crippen LogP contribution in [0.4, 0.5) is 0 Å². The lowest BCUT2D eigenvalue weighted by atomic mass is 10.2. The second-order valence-corrected chi connectivity index (χ2v) is 4.33. The van der Waals surface area contributed by atoms with Gasteiger partial charge in [0.25, 0.3) is 0 Å². The number of ether oxygens (including phenoxy) is 1. The van der Waals surface area contributed by atoms with Gasteiger partial charge in [-0.3, -0.25) is 0 Å². The molecule has 3 nitrogen and oxygen atoms in total. The summed E-state index contributed by atoms with van der Waals surface area (Å²) >= 11 is 6.12. The predicted molar refractivity (Wildman–Crippen MR) is 73.1 cm³/mol. The summed E-state index contributed by atoms with van der Waals surface area (Å²) < 4.78 is 5.33. The average molecular weight is 259 g/mol. The normalized spacial score (nSPS) is 10.8. The summed E-state index contributed by atoms with van der Waals surface area (Å²) in [4.78, 5) is 7.78. The minimum atomic E-state index is 0.643. The maximum absolute atomic E-state index is 6.12. The average Bonchev–Trinajstić information content (AvgIpc) is 2.84. The number of aromatic nitrogens is 2. The molecule has 0 amide bonds. The van der Waals surface area contributed by atoms with Gasteiger partial charge >= 0.3 is 0 Å². The molecule has 0 spiro atoms. The fraction of sp³-hybridized carbons (Fsp3) is 0.0714. The van der Waals surface area contributed by atoms with Gasteiger partial charge in [-0.15, -0.1) is 0 Å². The number of methoxy groups -OCH3 is 1. The number of para-hydroxylation sites is 2. The maximum Gasteiger partial charge on any atom is 0.142 e. The van der Waals surface area contributed by atoms with Crippen LogP contribution in [0.2, 0.25) is 5.02 Å². The van der Waals surface area contributed by atoms with Gasteiger partial charge in [-0.1, -0.05) is 29.8 Å². The number of halogens is 1. The first-order valence-corrected chi connectivity index (χ1v) is 5.95. The number of imidazole rings is 1. The van der Waals surface area contributed by atoms with Crippen molar-refractivity contribution in [3.05, 3.63) is 47.5 Å². The molecule has 1 N–H and O–H groups in total. The van der Waals surface area contributed by atoms with E-state index < -0.39 is 0 Å². The highest BCUT2D eigenvalue weighted by molar-refractivity contribution is 6.35. The zero-order valence-electron chi connectivity index (χ0n) is 9.77. The lowest BCUT2D eigenvalue weighted by Crippen LogP contribution is -1.88. The molecule has 3 aromatic rings. The van der Waals surface area contributed by atoms with Crippen molar-refractivity contribution in [2.75, 3.05) is 7.11 Å². The van der Waals surface area contributed by atoms with Gasteiger partial charge in [-0.2, -0.15) is 0 Å². The summed E-state index contributed by atoms with van der Waals surface area (Å²) in [6, 6.07) is 13.4. The Morgan fingerprint density at radius 1 is 1.11 bits per heavy atom. The van der Waals surface area contributed by atoms with Crippen LogP contribution >= 0.6 is 11.6 Å². The summed E-state index contributed by atoms with van der Waals surface area (Å²) in [5, 5.41) is 0.643. The molecule has 0 atom stereocenters. The van der Waals surface area contributed by atoms with Crippen LogP contribution in [0.3, 0.4) is 0 Å². The first-order valence-electron chi connectivity index (χ1n) is 5.57. The topological polar surface area (TPSA) is 37.9 Å². The van der Waals surface area contributed by atoms with E-state index in [-0.39, 0.29) is 0 Å². The van der Waals surface area contributed by atoms with Crippen molar-refractivity contribution in [2.24, 2.45) is 0 Å². The van der Waals surface area contributed by atoms with Crippen LogP contribution in [-0.4, -0.2) is 17.1 Å². The molecule has 0 fully saturated rings. The number of nitrogens with one attached hydrogen (secondary N) is 1. The third-order valence-electron chi connectivity index (χ3n) is 2.83. The SMILES string of the molecule is COc1ccccc1-c1nc2c(Cl)cccc2[nH]1. The van der Waals surface area contributed by atoms with Gasteiger partial charge in [-0.25, -0.2) is 4.98 Å². The molecule has 2 aromatic carbocycles. The molecule has 4 heteroatoms. The van der Waals surface area contributed by atoms with E-state index in [2.05, 4.69) is 9.97 Å². The number of rotatable bonds is 2. The highest BCUT2D eigenvalue weighted by atomic mass is 35.5. The van der Waals surface area contributed by atoms with Gasteiger partial charge in [0.2, 0.25) is 0 Å². The van der Waals surface area contributed by atoms with Crippen molar-refractivity contribution < 1.29 is 4.74 Å². The minimum Gasteiger partial charge on any atom is -0.496 e. The zero-order valence-corrected chi connectivity index (χ0v) is 10.5. The van der Waals surface area contributed by atoms with E-state index in [0.717, 1.165) is 28.2 Å². The molecule has 0 saturated heterocycles. The second-order valence-electron chi connectivity index (χ2n) is 3.92. The highest BCUT2D eigenvalue weighted by Gasteiger charge is 2.11.